The average molecular weight is 412 g/mol. The summed E-state index contributed by atoms with van der Waals surface area (Å²) in [5.41, 5.74) is 8.18. The molecule has 0 bridgehead atoms. The van der Waals surface area contributed by atoms with Crippen molar-refractivity contribution in [2.75, 3.05) is 5.43 Å². The lowest BCUT2D eigenvalue weighted by Gasteiger charge is -2.27. The maximum Gasteiger partial charge on any atom is 0.242 e. The topological polar surface area (TPSA) is 117 Å². The third kappa shape index (κ3) is 4.16. The lowest BCUT2D eigenvalue weighted by atomic mass is 9.78. The Morgan fingerprint density at radius 1 is 1.26 bits per heavy atom. The number of nitrogens with one attached hydrogen (secondary N) is 1. The number of hydrogen-bond acceptors (Lipinski definition) is 6. The van der Waals surface area contributed by atoms with Gasteiger partial charge in [-0.25, -0.2) is 4.99 Å². The number of fused-ring (bicyclic) bond motifs is 1. The number of aromatic nitrogens is 2. The number of carbonyl (C=O) groups excluding carboxylic acids is 1. The van der Waals surface area contributed by atoms with Crippen molar-refractivity contribution in [1.29, 1.82) is 5.26 Å². The molecule has 1 saturated carbocycles. The van der Waals surface area contributed by atoms with Crippen LogP contribution in [0.2, 0.25) is 0 Å². The SMILES string of the molecule is CC(=O)N=C1CCC(C#N)CC1c1cc2cc(-c3cncc(NN)c3C)ccc2cn1. The van der Waals surface area contributed by atoms with E-state index < -0.39 is 0 Å². The van der Waals surface area contributed by atoms with Crippen molar-refractivity contribution in [2.45, 2.75) is 39.0 Å². The maximum absolute atomic E-state index is 11.6. The summed E-state index contributed by atoms with van der Waals surface area (Å²) in [7, 11) is 0. The van der Waals surface area contributed by atoms with Crippen LogP contribution in [-0.2, 0) is 4.79 Å². The number of nitrogen functional groups attached to an aromatic ring is 1. The van der Waals surface area contributed by atoms with Crippen LogP contribution in [0.25, 0.3) is 21.9 Å². The van der Waals surface area contributed by atoms with Gasteiger partial charge in [0, 0.05) is 53.5 Å². The molecule has 7 nitrogen and oxygen atoms in total. The average Bonchev–Trinajstić information content (AvgIpc) is 2.78. The third-order valence-electron chi connectivity index (χ3n) is 5.94. The van der Waals surface area contributed by atoms with Gasteiger partial charge in [-0.05, 0) is 54.8 Å². The molecule has 1 aliphatic carbocycles. The molecule has 0 aliphatic heterocycles. The van der Waals surface area contributed by atoms with Gasteiger partial charge in [0.1, 0.15) is 0 Å². The molecule has 4 rings (SSSR count). The smallest absolute Gasteiger partial charge is 0.242 e. The summed E-state index contributed by atoms with van der Waals surface area (Å²) in [6.45, 7) is 3.46. The van der Waals surface area contributed by atoms with Crippen LogP contribution in [0.1, 0.15) is 43.4 Å². The molecule has 7 heteroatoms. The van der Waals surface area contributed by atoms with E-state index in [-0.39, 0.29) is 17.7 Å². The number of rotatable bonds is 3. The number of anilines is 1. The van der Waals surface area contributed by atoms with Crippen molar-refractivity contribution in [3.63, 3.8) is 0 Å². The Morgan fingerprint density at radius 2 is 2.10 bits per heavy atom. The summed E-state index contributed by atoms with van der Waals surface area (Å²) < 4.78 is 0. The first kappa shape index (κ1) is 20.6. The van der Waals surface area contributed by atoms with Gasteiger partial charge < -0.3 is 5.43 Å². The first-order valence-electron chi connectivity index (χ1n) is 10.3. The quantitative estimate of drug-likeness (QED) is 0.490. The van der Waals surface area contributed by atoms with Gasteiger partial charge in [-0.1, -0.05) is 12.1 Å². The van der Waals surface area contributed by atoms with Crippen molar-refractivity contribution in [3.8, 4) is 17.2 Å². The molecule has 1 fully saturated rings. The van der Waals surface area contributed by atoms with Crippen molar-refractivity contribution >= 4 is 28.1 Å². The summed E-state index contributed by atoms with van der Waals surface area (Å²) in [5.74, 6) is 5.21. The van der Waals surface area contributed by atoms with Crippen LogP contribution in [0.3, 0.4) is 0 Å². The van der Waals surface area contributed by atoms with Crippen LogP contribution in [0, 0.1) is 24.2 Å². The summed E-state index contributed by atoms with van der Waals surface area (Å²) >= 11 is 0. The van der Waals surface area contributed by atoms with Crippen LogP contribution in [-0.4, -0.2) is 21.6 Å². The highest BCUT2D eigenvalue weighted by Crippen LogP contribution is 2.35. The van der Waals surface area contributed by atoms with Crippen molar-refractivity contribution in [1.82, 2.24) is 9.97 Å². The van der Waals surface area contributed by atoms with Crippen LogP contribution in [0.4, 0.5) is 5.69 Å². The molecule has 2 aromatic heterocycles. The Labute approximate surface area is 181 Å². The number of nitrogens with two attached hydrogens (primary N) is 1. The van der Waals surface area contributed by atoms with Gasteiger partial charge >= 0.3 is 0 Å². The largest absolute Gasteiger partial charge is 0.322 e. The standard InChI is InChI=1S/C24H24N6O/c1-14-21(12-27-13-24(14)30-26)17-4-5-18-11-28-23(9-19(18)8-17)20-7-16(10-25)3-6-22(20)29-15(2)31/h4-5,8-9,11-13,16,20,30H,3,6-7,26H2,1-2H3. The van der Waals surface area contributed by atoms with Crippen molar-refractivity contribution in [3.05, 3.63) is 54.1 Å². The third-order valence-corrected chi connectivity index (χ3v) is 5.94. The Balaban J connectivity index is 1.78. The second-order valence-corrected chi connectivity index (χ2v) is 7.95. The highest BCUT2D eigenvalue weighted by Gasteiger charge is 2.30. The van der Waals surface area contributed by atoms with Crippen LogP contribution in [0.5, 0.6) is 0 Å². The van der Waals surface area contributed by atoms with Crippen molar-refractivity contribution in [2.24, 2.45) is 16.8 Å². The molecule has 156 valence electrons. The Morgan fingerprint density at radius 3 is 2.84 bits per heavy atom. The summed E-state index contributed by atoms with van der Waals surface area (Å²) in [6, 6.07) is 10.6. The van der Waals surface area contributed by atoms with Crippen LogP contribution in [0.15, 0.2) is 47.8 Å². The predicted molar refractivity (Wildman–Crippen MR) is 121 cm³/mol. The van der Waals surface area contributed by atoms with Gasteiger partial charge in [0.05, 0.1) is 18.0 Å². The summed E-state index contributed by atoms with van der Waals surface area (Å²) in [5, 5.41) is 11.5. The Kier molecular flexibility index (Phi) is 5.74. The van der Waals surface area contributed by atoms with Gasteiger partial charge in [0.15, 0.2) is 0 Å². The fourth-order valence-corrected chi connectivity index (χ4v) is 4.26. The lowest BCUT2D eigenvalue weighted by Crippen LogP contribution is -2.24. The number of nitrogens with zero attached hydrogens (tertiary/aromatic N) is 4. The number of hydrazine groups is 1. The predicted octanol–water partition coefficient (Wildman–Crippen LogP) is 4.29. The highest BCUT2D eigenvalue weighted by atomic mass is 16.1. The summed E-state index contributed by atoms with van der Waals surface area (Å²) in [6.07, 6.45) is 7.38. The second-order valence-electron chi connectivity index (χ2n) is 7.95. The van der Waals surface area contributed by atoms with E-state index in [0.717, 1.165) is 51.0 Å². The van der Waals surface area contributed by atoms with Gasteiger partial charge in [0.25, 0.3) is 0 Å². The zero-order valence-electron chi connectivity index (χ0n) is 17.6. The Bertz CT molecular complexity index is 1230. The fourth-order valence-electron chi connectivity index (χ4n) is 4.26. The molecule has 3 N–H and O–H groups in total. The van der Waals surface area contributed by atoms with E-state index in [4.69, 9.17) is 5.84 Å². The normalized spacial score (nSPS) is 19.9. The number of hydrogen-bond donors (Lipinski definition) is 2. The minimum Gasteiger partial charge on any atom is -0.322 e. The van der Waals surface area contributed by atoms with Crippen LogP contribution >= 0.6 is 0 Å². The molecule has 2 atom stereocenters. The number of carbonyl (C=O) groups is 1. The molecule has 1 aromatic carbocycles. The molecule has 0 spiro atoms. The zero-order valence-corrected chi connectivity index (χ0v) is 17.6. The van der Waals surface area contributed by atoms with Gasteiger partial charge in [0.2, 0.25) is 5.91 Å². The van der Waals surface area contributed by atoms with E-state index in [1.165, 1.54) is 6.92 Å². The van der Waals surface area contributed by atoms with Gasteiger partial charge in [-0.3, -0.25) is 20.6 Å². The highest BCUT2D eigenvalue weighted by molar-refractivity contribution is 5.99. The fraction of sp³-hybridized carbons (Fsp3) is 0.292. The number of nitriles is 1. The monoisotopic (exact) mass is 412 g/mol. The Hall–Kier alpha value is -3.63. The van der Waals surface area contributed by atoms with E-state index in [9.17, 15) is 10.1 Å². The number of pyridine rings is 2. The maximum atomic E-state index is 11.6. The summed E-state index contributed by atoms with van der Waals surface area (Å²) in [4.78, 5) is 24.8. The molecular formula is C24H24N6O. The molecule has 0 radical (unpaired) electrons. The van der Waals surface area contributed by atoms with E-state index >= 15 is 0 Å². The molecule has 1 aliphatic rings. The van der Waals surface area contributed by atoms with E-state index in [1.54, 1.807) is 6.20 Å². The lowest BCUT2D eigenvalue weighted by molar-refractivity contribution is -0.115. The van der Waals surface area contributed by atoms with Crippen LogP contribution < -0.4 is 11.3 Å². The van der Waals surface area contributed by atoms with Crippen molar-refractivity contribution < 1.29 is 4.79 Å². The van der Waals surface area contributed by atoms with E-state index in [2.05, 4.69) is 32.5 Å². The molecule has 3 aromatic rings. The molecule has 31 heavy (non-hydrogen) atoms. The molecule has 2 heterocycles. The number of benzene rings is 1. The first-order chi connectivity index (χ1) is 15.0. The van der Waals surface area contributed by atoms with E-state index in [0.29, 0.717) is 12.8 Å². The molecule has 1 amide bonds. The number of amides is 1. The van der Waals surface area contributed by atoms with Gasteiger partial charge in [-0.2, -0.15) is 5.26 Å². The zero-order chi connectivity index (χ0) is 22.0. The molecular weight excluding hydrogens is 388 g/mol. The minimum atomic E-state index is -0.213. The van der Waals surface area contributed by atoms with E-state index in [1.807, 2.05) is 37.5 Å². The second kappa shape index (κ2) is 8.62. The molecule has 2 unspecified atom stereocenters. The number of aliphatic imine (C=N–C) groups is 1. The minimum absolute atomic E-state index is 0.0556. The molecule has 0 saturated heterocycles. The van der Waals surface area contributed by atoms with Gasteiger partial charge in [-0.15, -0.1) is 0 Å². The first-order valence-corrected chi connectivity index (χ1v) is 10.3.